The standard InChI is InChI=1S/C22H32N4O3/c1-29-14-18(27)26-10-5-17-19(24-15-23-17)22(26)8-11-25(12-9-22)20(28)16-13-21(16)6-3-2-4-7-21/h15-16H,2-14H2,1H3,(H,23,24)/t16-/m0/s1. The predicted molar refractivity (Wildman–Crippen MR) is 107 cm³/mol. The number of nitrogens with one attached hydrogen (secondary N) is 1. The van der Waals surface area contributed by atoms with Crippen molar-refractivity contribution in [3.63, 3.8) is 0 Å². The van der Waals surface area contributed by atoms with Crippen LogP contribution in [0.15, 0.2) is 6.33 Å². The van der Waals surface area contributed by atoms with E-state index in [1.165, 1.54) is 32.1 Å². The van der Waals surface area contributed by atoms with Crippen LogP contribution < -0.4 is 0 Å². The molecule has 0 bridgehead atoms. The van der Waals surface area contributed by atoms with Crippen molar-refractivity contribution in [2.24, 2.45) is 11.3 Å². The molecule has 1 N–H and O–H groups in total. The van der Waals surface area contributed by atoms with Crippen molar-refractivity contribution in [1.29, 1.82) is 0 Å². The maximum absolute atomic E-state index is 13.2. The molecule has 2 aliphatic carbocycles. The summed E-state index contributed by atoms with van der Waals surface area (Å²) in [5.74, 6) is 0.620. The Kier molecular flexibility index (Phi) is 4.68. The quantitative estimate of drug-likeness (QED) is 0.844. The van der Waals surface area contributed by atoms with E-state index < -0.39 is 5.54 Å². The van der Waals surface area contributed by atoms with Crippen molar-refractivity contribution in [3.8, 4) is 0 Å². The van der Waals surface area contributed by atoms with E-state index in [1.807, 2.05) is 4.90 Å². The fourth-order valence-electron chi connectivity index (χ4n) is 6.37. The number of hydrogen-bond donors (Lipinski definition) is 1. The van der Waals surface area contributed by atoms with Crippen LogP contribution in [0.4, 0.5) is 0 Å². The monoisotopic (exact) mass is 400 g/mol. The maximum atomic E-state index is 13.2. The molecule has 0 radical (unpaired) electrons. The molecule has 1 aromatic heterocycles. The van der Waals surface area contributed by atoms with E-state index in [4.69, 9.17) is 4.74 Å². The highest BCUT2D eigenvalue weighted by Gasteiger charge is 2.59. The minimum Gasteiger partial charge on any atom is -0.375 e. The zero-order valence-corrected chi connectivity index (χ0v) is 17.4. The second kappa shape index (κ2) is 7.11. The van der Waals surface area contributed by atoms with Gasteiger partial charge in [-0.1, -0.05) is 19.3 Å². The van der Waals surface area contributed by atoms with Crippen molar-refractivity contribution in [2.45, 2.75) is 63.3 Å². The van der Waals surface area contributed by atoms with Crippen LogP contribution in [0.2, 0.25) is 0 Å². The van der Waals surface area contributed by atoms with Crippen LogP contribution in [0.3, 0.4) is 0 Å². The van der Waals surface area contributed by atoms with E-state index >= 15 is 0 Å². The lowest BCUT2D eigenvalue weighted by Gasteiger charge is -2.50. The number of carbonyl (C=O) groups is 2. The molecule has 4 aliphatic rings. The molecule has 0 aromatic carbocycles. The Labute approximate surface area is 172 Å². The average molecular weight is 401 g/mol. The van der Waals surface area contributed by atoms with E-state index in [2.05, 4.69) is 14.9 Å². The third-order valence-corrected chi connectivity index (χ3v) is 8.07. The molecule has 7 heteroatoms. The van der Waals surface area contributed by atoms with Gasteiger partial charge in [-0.15, -0.1) is 0 Å². The fraction of sp³-hybridized carbons (Fsp3) is 0.773. The summed E-state index contributed by atoms with van der Waals surface area (Å²) < 4.78 is 5.14. The first-order valence-corrected chi connectivity index (χ1v) is 11.2. The van der Waals surface area contributed by atoms with Gasteiger partial charge in [0, 0.05) is 44.8 Å². The van der Waals surface area contributed by atoms with Crippen molar-refractivity contribution in [1.82, 2.24) is 19.8 Å². The van der Waals surface area contributed by atoms with Crippen LogP contribution in [0.5, 0.6) is 0 Å². The molecule has 2 saturated carbocycles. The molecule has 7 nitrogen and oxygen atoms in total. The number of likely N-dealkylation sites (tertiary alicyclic amines) is 1. The van der Waals surface area contributed by atoms with Crippen molar-refractivity contribution >= 4 is 11.8 Å². The van der Waals surface area contributed by atoms with Gasteiger partial charge in [0.05, 0.1) is 17.6 Å². The van der Waals surface area contributed by atoms with E-state index in [0.717, 1.165) is 37.1 Å². The van der Waals surface area contributed by atoms with Gasteiger partial charge in [-0.2, -0.15) is 0 Å². The Morgan fingerprint density at radius 1 is 1.17 bits per heavy atom. The van der Waals surface area contributed by atoms with Gasteiger partial charge in [0.2, 0.25) is 11.8 Å². The van der Waals surface area contributed by atoms with Crippen LogP contribution >= 0.6 is 0 Å². The van der Waals surface area contributed by atoms with E-state index in [1.54, 1.807) is 13.4 Å². The molecule has 2 aliphatic heterocycles. The van der Waals surface area contributed by atoms with Gasteiger partial charge in [-0.3, -0.25) is 9.59 Å². The number of imidazole rings is 1. The van der Waals surface area contributed by atoms with E-state index in [-0.39, 0.29) is 18.4 Å². The van der Waals surface area contributed by atoms with Gasteiger partial charge < -0.3 is 19.5 Å². The number of piperidine rings is 1. The highest BCUT2D eigenvalue weighted by Crippen LogP contribution is 2.62. The minimum atomic E-state index is -0.411. The van der Waals surface area contributed by atoms with Crippen molar-refractivity contribution in [2.75, 3.05) is 33.4 Å². The highest BCUT2D eigenvalue weighted by molar-refractivity contribution is 5.83. The number of fused-ring (bicyclic) bond motifs is 2. The highest BCUT2D eigenvalue weighted by atomic mass is 16.5. The zero-order valence-electron chi connectivity index (χ0n) is 17.4. The van der Waals surface area contributed by atoms with Gasteiger partial charge in [0.15, 0.2) is 0 Å². The number of aromatic nitrogens is 2. The van der Waals surface area contributed by atoms with Crippen LogP contribution in [0, 0.1) is 11.3 Å². The average Bonchev–Trinajstić information content (AvgIpc) is 3.19. The Hall–Kier alpha value is -1.89. The molecule has 3 fully saturated rings. The number of rotatable bonds is 3. The first-order valence-electron chi connectivity index (χ1n) is 11.2. The van der Waals surface area contributed by atoms with Crippen LogP contribution in [0.1, 0.15) is 62.8 Å². The summed E-state index contributed by atoms with van der Waals surface area (Å²) in [6.45, 7) is 2.18. The fourth-order valence-corrected chi connectivity index (χ4v) is 6.37. The second-order valence-electron chi connectivity index (χ2n) is 9.49. The molecule has 2 amide bonds. The lowest BCUT2D eigenvalue weighted by Crippen LogP contribution is -2.59. The Morgan fingerprint density at radius 2 is 1.93 bits per heavy atom. The second-order valence-corrected chi connectivity index (χ2v) is 9.49. The molecule has 2 spiro atoms. The molecule has 3 heterocycles. The summed E-state index contributed by atoms with van der Waals surface area (Å²) in [5, 5.41) is 0. The Morgan fingerprint density at radius 3 is 2.66 bits per heavy atom. The van der Waals surface area contributed by atoms with Gasteiger partial charge in [-0.05, 0) is 37.5 Å². The first kappa shape index (κ1) is 19.1. The summed E-state index contributed by atoms with van der Waals surface area (Å²) in [6.07, 6.45) is 11.5. The summed E-state index contributed by atoms with van der Waals surface area (Å²) in [7, 11) is 1.56. The number of carbonyl (C=O) groups excluding carboxylic acids is 2. The van der Waals surface area contributed by atoms with Gasteiger partial charge in [0.1, 0.15) is 6.61 Å². The van der Waals surface area contributed by atoms with Crippen molar-refractivity contribution < 1.29 is 14.3 Å². The van der Waals surface area contributed by atoms with Crippen LogP contribution in [0.25, 0.3) is 0 Å². The Balaban J connectivity index is 1.32. The molecule has 1 saturated heterocycles. The summed E-state index contributed by atoms with van der Waals surface area (Å²) >= 11 is 0. The molecule has 158 valence electrons. The molecule has 1 aromatic rings. The number of aromatic amines is 1. The van der Waals surface area contributed by atoms with Gasteiger partial charge >= 0.3 is 0 Å². The lowest BCUT2D eigenvalue weighted by molar-refractivity contribution is -0.148. The SMILES string of the molecule is COCC(=O)N1CCc2[nH]cnc2C12CCN(C(=O)[C@@H]1CC13CCCCC3)CC2. The van der Waals surface area contributed by atoms with Gasteiger partial charge in [-0.25, -0.2) is 4.98 Å². The summed E-state index contributed by atoms with van der Waals surface area (Å²) in [5.41, 5.74) is 2.04. The summed E-state index contributed by atoms with van der Waals surface area (Å²) in [6, 6.07) is 0. The normalized spacial score (nSPS) is 27.1. The predicted octanol–water partition coefficient (Wildman–Crippen LogP) is 2.23. The number of methoxy groups -OCH3 is 1. The molecular formula is C22H32N4O3. The Bertz CT molecular complexity index is 790. The summed E-state index contributed by atoms with van der Waals surface area (Å²) in [4.78, 5) is 38.0. The molecular weight excluding hydrogens is 368 g/mol. The first-order chi connectivity index (χ1) is 14.1. The third-order valence-electron chi connectivity index (χ3n) is 8.07. The van der Waals surface area contributed by atoms with Gasteiger partial charge in [0.25, 0.3) is 0 Å². The van der Waals surface area contributed by atoms with Crippen molar-refractivity contribution in [3.05, 3.63) is 17.7 Å². The maximum Gasteiger partial charge on any atom is 0.249 e. The van der Waals surface area contributed by atoms with Crippen LogP contribution in [-0.2, 0) is 26.3 Å². The van der Waals surface area contributed by atoms with Crippen LogP contribution in [-0.4, -0.2) is 64.9 Å². The number of H-pyrrole nitrogens is 1. The third kappa shape index (κ3) is 3.00. The van der Waals surface area contributed by atoms with E-state index in [0.29, 0.717) is 31.0 Å². The molecule has 5 rings (SSSR count). The number of hydrogen-bond acceptors (Lipinski definition) is 4. The zero-order chi connectivity index (χ0) is 20.1. The smallest absolute Gasteiger partial charge is 0.249 e. The molecule has 29 heavy (non-hydrogen) atoms. The number of ether oxygens (including phenoxy) is 1. The lowest BCUT2D eigenvalue weighted by atomic mass is 9.78. The van der Waals surface area contributed by atoms with E-state index in [9.17, 15) is 9.59 Å². The minimum absolute atomic E-state index is 0.0178. The molecule has 1 atom stereocenters. The largest absolute Gasteiger partial charge is 0.375 e. The number of amides is 2. The topological polar surface area (TPSA) is 78.5 Å². The number of nitrogens with zero attached hydrogens (tertiary/aromatic N) is 3. The molecule has 0 unspecified atom stereocenters.